The highest BCUT2D eigenvalue weighted by Crippen LogP contribution is 2.34. The molecule has 3 rings (SSSR count). The highest BCUT2D eigenvalue weighted by Gasteiger charge is 2.40. The molecular formula is C23H26ClFN2O2. The lowest BCUT2D eigenvalue weighted by molar-refractivity contribution is -0.124. The van der Waals surface area contributed by atoms with Crippen LogP contribution in [0, 0.1) is 17.7 Å². The van der Waals surface area contributed by atoms with Crippen molar-refractivity contribution in [3.05, 3.63) is 70.5 Å². The minimum Gasteiger partial charge on any atom is -0.356 e. The molecule has 2 aromatic carbocycles. The van der Waals surface area contributed by atoms with Gasteiger partial charge in [-0.3, -0.25) is 9.59 Å². The van der Waals surface area contributed by atoms with E-state index >= 15 is 0 Å². The summed E-state index contributed by atoms with van der Waals surface area (Å²) in [6.45, 7) is 5.46. The summed E-state index contributed by atoms with van der Waals surface area (Å²) in [5.74, 6) is -0.766. The second kappa shape index (κ2) is 9.40. The van der Waals surface area contributed by atoms with Gasteiger partial charge in [0.05, 0.1) is 5.92 Å². The van der Waals surface area contributed by atoms with Gasteiger partial charge in [0, 0.05) is 36.1 Å². The van der Waals surface area contributed by atoms with Gasteiger partial charge in [0.25, 0.3) is 5.91 Å². The molecule has 154 valence electrons. The first-order valence-electron chi connectivity index (χ1n) is 9.93. The fraction of sp³-hybridized carbons (Fsp3) is 0.391. The van der Waals surface area contributed by atoms with Gasteiger partial charge in [-0.05, 0) is 54.3 Å². The molecule has 1 N–H and O–H groups in total. The maximum Gasteiger partial charge on any atom is 0.253 e. The smallest absolute Gasteiger partial charge is 0.253 e. The van der Waals surface area contributed by atoms with Crippen LogP contribution < -0.4 is 5.32 Å². The van der Waals surface area contributed by atoms with Crippen LogP contribution in [-0.4, -0.2) is 36.3 Å². The molecule has 0 aromatic heterocycles. The predicted octanol–water partition coefficient (Wildman–Crippen LogP) is 4.50. The lowest BCUT2D eigenvalue weighted by Crippen LogP contribution is -2.36. The third-order valence-corrected chi connectivity index (χ3v) is 5.58. The van der Waals surface area contributed by atoms with Crippen molar-refractivity contribution in [3.63, 3.8) is 0 Å². The van der Waals surface area contributed by atoms with Crippen LogP contribution in [0.15, 0.2) is 48.5 Å². The second-order valence-corrected chi connectivity index (χ2v) is 8.40. The van der Waals surface area contributed by atoms with E-state index < -0.39 is 5.92 Å². The summed E-state index contributed by atoms with van der Waals surface area (Å²) in [7, 11) is 0. The van der Waals surface area contributed by atoms with Crippen LogP contribution in [-0.2, 0) is 4.79 Å². The first-order chi connectivity index (χ1) is 13.8. The molecule has 0 unspecified atom stereocenters. The number of hydrogen-bond donors (Lipinski definition) is 1. The molecule has 1 aliphatic heterocycles. The zero-order chi connectivity index (χ0) is 21.0. The molecule has 6 heteroatoms. The van der Waals surface area contributed by atoms with Gasteiger partial charge in [0.2, 0.25) is 5.91 Å². The monoisotopic (exact) mass is 416 g/mol. The molecule has 4 nitrogen and oxygen atoms in total. The van der Waals surface area contributed by atoms with Crippen LogP contribution in [0.2, 0.25) is 5.02 Å². The van der Waals surface area contributed by atoms with Crippen molar-refractivity contribution in [1.82, 2.24) is 10.2 Å². The van der Waals surface area contributed by atoms with Crippen LogP contribution >= 0.6 is 11.6 Å². The van der Waals surface area contributed by atoms with Gasteiger partial charge in [-0.25, -0.2) is 4.39 Å². The molecule has 0 spiro atoms. The van der Waals surface area contributed by atoms with Crippen molar-refractivity contribution in [2.24, 2.45) is 11.8 Å². The standard InChI is InChI=1S/C23H26ClFN2O2/c1-15(2)10-11-26-22(28)21-14-27(23(29)16-6-8-18(24)9-7-16)13-20(21)17-4-3-5-19(25)12-17/h3-9,12,15,20-21H,10-11,13-14H2,1-2H3,(H,26,28)/t20-,21-/m0/s1. The Morgan fingerprint density at radius 2 is 1.90 bits per heavy atom. The number of hydrogen-bond acceptors (Lipinski definition) is 2. The fourth-order valence-corrected chi connectivity index (χ4v) is 3.83. The minimum atomic E-state index is -0.416. The molecule has 2 amide bonds. The summed E-state index contributed by atoms with van der Waals surface area (Å²) in [5, 5.41) is 3.55. The fourth-order valence-electron chi connectivity index (χ4n) is 3.70. The van der Waals surface area contributed by atoms with Gasteiger partial charge in [-0.15, -0.1) is 0 Å². The predicted molar refractivity (Wildman–Crippen MR) is 112 cm³/mol. The van der Waals surface area contributed by atoms with E-state index in [2.05, 4.69) is 19.2 Å². The van der Waals surface area contributed by atoms with Crippen molar-refractivity contribution in [2.45, 2.75) is 26.2 Å². The maximum absolute atomic E-state index is 13.8. The normalized spacial score (nSPS) is 18.9. The van der Waals surface area contributed by atoms with Gasteiger partial charge in [-0.2, -0.15) is 0 Å². The van der Waals surface area contributed by atoms with E-state index in [-0.39, 0.29) is 23.5 Å². The van der Waals surface area contributed by atoms with Crippen LogP contribution in [0.5, 0.6) is 0 Å². The van der Waals surface area contributed by atoms with Gasteiger partial charge in [-0.1, -0.05) is 37.6 Å². The van der Waals surface area contributed by atoms with E-state index in [1.165, 1.54) is 12.1 Å². The SMILES string of the molecule is CC(C)CCNC(=O)[C@H]1CN(C(=O)c2ccc(Cl)cc2)C[C@H]1c1cccc(F)c1. The molecule has 2 atom stereocenters. The van der Waals surface area contributed by atoms with E-state index in [0.717, 1.165) is 12.0 Å². The average Bonchev–Trinajstić information content (AvgIpc) is 3.13. The maximum atomic E-state index is 13.8. The zero-order valence-corrected chi connectivity index (χ0v) is 17.5. The Bertz CT molecular complexity index is 869. The number of rotatable bonds is 6. The second-order valence-electron chi connectivity index (χ2n) is 7.96. The van der Waals surface area contributed by atoms with Crippen LogP contribution in [0.25, 0.3) is 0 Å². The number of carbonyl (C=O) groups is 2. The van der Waals surface area contributed by atoms with E-state index in [1.807, 2.05) is 6.07 Å². The molecule has 1 aliphatic rings. The van der Waals surface area contributed by atoms with E-state index in [0.29, 0.717) is 36.1 Å². The van der Waals surface area contributed by atoms with Crippen molar-refractivity contribution >= 4 is 23.4 Å². The topological polar surface area (TPSA) is 49.4 Å². The van der Waals surface area contributed by atoms with Crippen molar-refractivity contribution in [3.8, 4) is 0 Å². The van der Waals surface area contributed by atoms with Crippen molar-refractivity contribution in [2.75, 3.05) is 19.6 Å². The van der Waals surface area contributed by atoms with Crippen LogP contribution in [0.4, 0.5) is 4.39 Å². The van der Waals surface area contributed by atoms with Crippen LogP contribution in [0.1, 0.15) is 42.1 Å². The number of carbonyl (C=O) groups excluding carboxylic acids is 2. The molecule has 0 saturated carbocycles. The summed E-state index contributed by atoms with van der Waals surface area (Å²) >= 11 is 5.92. The third-order valence-electron chi connectivity index (χ3n) is 5.33. The lowest BCUT2D eigenvalue weighted by Gasteiger charge is -2.18. The summed E-state index contributed by atoms with van der Waals surface area (Å²) < 4.78 is 13.8. The third kappa shape index (κ3) is 5.36. The largest absolute Gasteiger partial charge is 0.356 e. The molecule has 1 saturated heterocycles. The van der Waals surface area contributed by atoms with Gasteiger partial charge < -0.3 is 10.2 Å². The van der Waals surface area contributed by atoms with E-state index in [1.54, 1.807) is 35.2 Å². The minimum absolute atomic E-state index is 0.0914. The van der Waals surface area contributed by atoms with Crippen molar-refractivity contribution < 1.29 is 14.0 Å². The number of nitrogens with zero attached hydrogens (tertiary/aromatic N) is 1. The number of nitrogens with one attached hydrogen (secondary N) is 1. The first kappa shape index (κ1) is 21.3. The highest BCUT2D eigenvalue weighted by atomic mass is 35.5. The average molecular weight is 417 g/mol. The summed E-state index contributed by atoms with van der Waals surface area (Å²) in [6.07, 6.45) is 0.885. The first-order valence-corrected chi connectivity index (χ1v) is 10.3. The molecule has 1 fully saturated rings. The molecule has 2 aromatic rings. The number of benzene rings is 2. The van der Waals surface area contributed by atoms with Gasteiger partial charge in [0.15, 0.2) is 0 Å². The quantitative estimate of drug-likeness (QED) is 0.753. The Hall–Kier alpha value is -2.40. The lowest BCUT2D eigenvalue weighted by atomic mass is 9.88. The highest BCUT2D eigenvalue weighted by molar-refractivity contribution is 6.30. The molecule has 29 heavy (non-hydrogen) atoms. The Morgan fingerprint density at radius 1 is 1.17 bits per heavy atom. The Labute approximate surface area is 176 Å². The summed E-state index contributed by atoms with van der Waals surface area (Å²) in [5.41, 5.74) is 1.26. The van der Waals surface area contributed by atoms with Gasteiger partial charge >= 0.3 is 0 Å². The Balaban J connectivity index is 1.80. The Kier molecular flexibility index (Phi) is 6.91. The summed E-state index contributed by atoms with van der Waals surface area (Å²) in [4.78, 5) is 27.5. The van der Waals surface area contributed by atoms with E-state index in [4.69, 9.17) is 11.6 Å². The van der Waals surface area contributed by atoms with Crippen LogP contribution in [0.3, 0.4) is 0 Å². The molecular weight excluding hydrogens is 391 g/mol. The number of halogens is 2. The zero-order valence-electron chi connectivity index (χ0n) is 16.7. The van der Waals surface area contributed by atoms with E-state index in [9.17, 15) is 14.0 Å². The number of amides is 2. The van der Waals surface area contributed by atoms with Crippen molar-refractivity contribution in [1.29, 1.82) is 0 Å². The Morgan fingerprint density at radius 3 is 2.55 bits per heavy atom. The molecule has 0 aliphatic carbocycles. The number of likely N-dealkylation sites (tertiary alicyclic amines) is 1. The molecule has 1 heterocycles. The molecule has 0 bridgehead atoms. The summed E-state index contributed by atoms with van der Waals surface area (Å²) in [6, 6.07) is 13.0. The molecule has 0 radical (unpaired) electrons. The van der Waals surface area contributed by atoms with Gasteiger partial charge in [0.1, 0.15) is 5.82 Å².